The fraction of sp³-hybridized carbons (Fsp3) is 0.125. The molecule has 0 aliphatic heterocycles. The lowest BCUT2D eigenvalue weighted by Crippen LogP contribution is -2.13. The number of hydrogen-bond acceptors (Lipinski definition) is 3. The van der Waals surface area contributed by atoms with Crippen molar-refractivity contribution in [1.29, 1.82) is 0 Å². The lowest BCUT2D eigenvalue weighted by Gasteiger charge is -2.05. The van der Waals surface area contributed by atoms with Crippen molar-refractivity contribution in [3.05, 3.63) is 34.5 Å². The average molecular weight is 215 g/mol. The van der Waals surface area contributed by atoms with Crippen LogP contribution >= 0.6 is 0 Å². The molecule has 2 heterocycles. The third-order valence-electron chi connectivity index (χ3n) is 1.78. The molecular formula is C8H4F3N3O. The van der Waals surface area contributed by atoms with Crippen LogP contribution in [0.5, 0.6) is 0 Å². The first-order valence-electron chi connectivity index (χ1n) is 3.90. The Hall–Kier alpha value is -1.92. The average Bonchev–Trinajstić information content (AvgIpc) is 2.16. The number of pyridine rings is 1. The van der Waals surface area contributed by atoms with E-state index in [-0.39, 0.29) is 11.0 Å². The number of H-pyrrole nitrogens is 1. The molecule has 0 fully saturated rings. The van der Waals surface area contributed by atoms with E-state index in [1.165, 1.54) is 0 Å². The quantitative estimate of drug-likeness (QED) is 0.721. The normalized spacial score (nSPS) is 11.9. The third-order valence-corrected chi connectivity index (χ3v) is 1.78. The van der Waals surface area contributed by atoms with E-state index in [2.05, 4.69) is 15.0 Å². The van der Waals surface area contributed by atoms with Gasteiger partial charge in [-0.1, -0.05) is 0 Å². The molecule has 0 spiro atoms. The zero-order chi connectivity index (χ0) is 11.1. The van der Waals surface area contributed by atoms with Crippen LogP contribution in [-0.2, 0) is 6.18 Å². The third kappa shape index (κ3) is 1.67. The van der Waals surface area contributed by atoms with E-state index < -0.39 is 17.4 Å². The van der Waals surface area contributed by atoms with Gasteiger partial charge in [-0.3, -0.25) is 4.79 Å². The summed E-state index contributed by atoms with van der Waals surface area (Å²) >= 11 is 0. The maximum atomic E-state index is 12.3. The molecule has 0 aliphatic carbocycles. The molecule has 2 rings (SSSR count). The number of nitrogens with one attached hydrogen (secondary N) is 1. The number of aromatic amines is 1. The highest BCUT2D eigenvalue weighted by Gasteiger charge is 2.32. The summed E-state index contributed by atoms with van der Waals surface area (Å²) in [5.74, 6) is 0. The second-order valence-corrected chi connectivity index (χ2v) is 2.79. The minimum Gasteiger partial charge on any atom is -0.311 e. The largest absolute Gasteiger partial charge is 0.433 e. The lowest BCUT2D eigenvalue weighted by atomic mass is 10.3. The molecule has 0 saturated heterocycles. The van der Waals surface area contributed by atoms with Crippen molar-refractivity contribution in [2.24, 2.45) is 0 Å². The Morgan fingerprint density at radius 3 is 2.67 bits per heavy atom. The van der Waals surface area contributed by atoms with Crippen molar-refractivity contribution < 1.29 is 13.2 Å². The second kappa shape index (κ2) is 3.04. The van der Waals surface area contributed by atoms with Crippen molar-refractivity contribution >= 4 is 11.0 Å². The molecule has 2 aromatic heterocycles. The van der Waals surface area contributed by atoms with Crippen molar-refractivity contribution in [1.82, 2.24) is 15.0 Å². The fourth-order valence-corrected chi connectivity index (χ4v) is 1.11. The summed E-state index contributed by atoms with van der Waals surface area (Å²) in [4.78, 5) is 20.2. The number of fused-ring (bicyclic) bond motifs is 1. The van der Waals surface area contributed by atoms with Gasteiger partial charge in [0.05, 0.1) is 11.8 Å². The van der Waals surface area contributed by atoms with Gasteiger partial charge in [-0.15, -0.1) is 0 Å². The molecule has 0 unspecified atom stereocenters. The maximum Gasteiger partial charge on any atom is 0.433 e. The Morgan fingerprint density at radius 1 is 1.27 bits per heavy atom. The summed E-state index contributed by atoms with van der Waals surface area (Å²) in [7, 11) is 0. The summed E-state index contributed by atoms with van der Waals surface area (Å²) in [6.07, 6.45) is -3.45. The standard InChI is InChI=1S/C8H4F3N3O/c9-8(10,11)5-2-1-4-6(14-5)7(15)13-3-12-4/h1-3H,(H,12,13,15). The predicted octanol–water partition coefficient (Wildman–Crippen LogP) is 1.34. The monoisotopic (exact) mass is 215 g/mol. The van der Waals surface area contributed by atoms with E-state index in [1.807, 2.05) is 0 Å². The molecule has 0 saturated carbocycles. The summed E-state index contributed by atoms with van der Waals surface area (Å²) in [5.41, 5.74) is -1.97. The van der Waals surface area contributed by atoms with Crippen LogP contribution in [0.15, 0.2) is 23.3 Å². The molecule has 0 aliphatic rings. The first-order chi connectivity index (χ1) is 6.98. The van der Waals surface area contributed by atoms with E-state index in [0.29, 0.717) is 0 Å². The van der Waals surface area contributed by atoms with Gasteiger partial charge in [0.2, 0.25) is 0 Å². The lowest BCUT2D eigenvalue weighted by molar-refractivity contribution is -0.140. The van der Waals surface area contributed by atoms with Crippen LogP contribution < -0.4 is 5.56 Å². The molecular weight excluding hydrogens is 211 g/mol. The number of alkyl halides is 3. The SMILES string of the molecule is O=c1[nH]cnc2ccc(C(F)(F)F)nc12. The number of nitrogens with zero attached hydrogens (tertiary/aromatic N) is 2. The zero-order valence-corrected chi connectivity index (χ0v) is 7.17. The number of rotatable bonds is 0. The van der Waals surface area contributed by atoms with Crippen LogP contribution in [0.1, 0.15) is 5.69 Å². The summed E-state index contributed by atoms with van der Waals surface area (Å²) < 4.78 is 36.8. The summed E-state index contributed by atoms with van der Waals surface area (Å²) in [5, 5.41) is 0. The highest BCUT2D eigenvalue weighted by atomic mass is 19.4. The Bertz CT molecular complexity index is 561. The Labute approximate surface area is 80.8 Å². The van der Waals surface area contributed by atoms with Crippen LogP contribution in [0.2, 0.25) is 0 Å². The summed E-state index contributed by atoms with van der Waals surface area (Å²) in [6.45, 7) is 0. The van der Waals surface area contributed by atoms with Gasteiger partial charge in [-0.05, 0) is 12.1 Å². The van der Waals surface area contributed by atoms with Gasteiger partial charge >= 0.3 is 6.18 Å². The van der Waals surface area contributed by atoms with Gasteiger partial charge < -0.3 is 4.98 Å². The second-order valence-electron chi connectivity index (χ2n) is 2.79. The Balaban J connectivity index is 2.76. The Morgan fingerprint density at radius 2 is 2.00 bits per heavy atom. The summed E-state index contributed by atoms with van der Waals surface area (Å²) in [6, 6.07) is 1.90. The van der Waals surface area contributed by atoms with Crippen LogP contribution in [-0.4, -0.2) is 15.0 Å². The van der Waals surface area contributed by atoms with Gasteiger partial charge in [0, 0.05) is 0 Å². The highest BCUT2D eigenvalue weighted by Crippen LogP contribution is 2.27. The topological polar surface area (TPSA) is 58.6 Å². The fourth-order valence-electron chi connectivity index (χ4n) is 1.11. The van der Waals surface area contributed by atoms with Gasteiger partial charge in [0.25, 0.3) is 5.56 Å². The minimum atomic E-state index is -4.56. The molecule has 0 radical (unpaired) electrons. The van der Waals surface area contributed by atoms with Crippen LogP contribution in [0.4, 0.5) is 13.2 Å². The maximum absolute atomic E-state index is 12.3. The first kappa shape index (κ1) is 9.63. The van der Waals surface area contributed by atoms with Crippen LogP contribution in [0.25, 0.3) is 11.0 Å². The van der Waals surface area contributed by atoms with Crippen LogP contribution in [0.3, 0.4) is 0 Å². The van der Waals surface area contributed by atoms with E-state index >= 15 is 0 Å². The molecule has 4 nitrogen and oxygen atoms in total. The smallest absolute Gasteiger partial charge is 0.311 e. The first-order valence-corrected chi connectivity index (χ1v) is 3.90. The van der Waals surface area contributed by atoms with Gasteiger partial charge in [-0.25, -0.2) is 9.97 Å². The van der Waals surface area contributed by atoms with Crippen LogP contribution in [0, 0.1) is 0 Å². The van der Waals surface area contributed by atoms with Gasteiger partial charge in [-0.2, -0.15) is 13.2 Å². The van der Waals surface area contributed by atoms with Crippen molar-refractivity contribution in [2.75, 3.05) is 0 Å². The van der Waals surface area contributed by atoms with Crippen molar-refractivity contribution in [2.45, 2.75) is 6.18 Å². The number of halogens is 3. The number of aromatic nitrogens is 3. The molecule has 78 valence electrons. The highest BCUT2D eigenvalue weighted by molar-refractivity contribution is 5.72. The van der Waals surface area contributed by atoms with E-state index in [4.69, 9.17) is 0 Å². The zero-order valence-electron chi connectivity index (χ0n) is 7.17. The molecule has 7 heteroatoms. The number of hydrogen-bond donors (Lipinski definition) is 1. The molecule has 0 atom stereocenters. The van der Waals surface area contributed by atoms with E-state index in [9.17, 15) is 18.0 Å². The van der Waals surface area contributed by atoms with E-state index in [0.717, 1.165) is 18.5 Å². The molecule has 0 bridgehead atoms. The molecule has 0 aromatic carbocycles. The molecule has 15 heavy (non-hydrogen) atoms. The predicted molar refractivity (Wildman–Crippen MR) is 45.2 cm³/mol. The van der Waals surface area contributed by atoms with E-state index in [1.54, 1.807) is 0 Å². The van der Waals surface area contributed by atoms with Gasteiger partial charge in [0.15, 0.2) is 5.52 Å². The Kier molecular flexibility index (Phi) is 1.95. The minimum absolute atomic E-state index is 0.131. The molecule has 1 N–H and O–H groups in total. The van der Waals surface area contributed by atoms with Crippen molar-refractivity contribution in [3.8, 4) is 0 Å². The van der Waals surface area contributed by atoms with Crippen molar-refractivity contribution in [3.63, 3.8) is 0 Å². The van der Waals surface area contributed by atoms with Gasteiger partial charge in [0.1, 0.15) is 5.69 Å². The molecule has 2 aromatic rings. The molecule has 0 amide bonds.